The van der Waals surface area contributed by atoms with Crippen molar-refractivity contribution in [2.45, 2.75) is 16.6 Å². The molecule has 1 fully saturated rings. The van der Waals surface area contributed by atoms with Gasteiger partial charge in [0.25, 0.3) is 5.91 Å². The number of hydrogen-bond acceptors (Lipinski definition) is 6. The largest absolute Gasteiger partial charge is 0.478 e. The van der Waals surface area contributed by atoms with Gasteiger partial charge in [-0.05, 0) is 60.7 Å². The van der Waals surface area contributed by atoms with Crippen molar-refractivity contribution < 1.29 is 29.1 Å². The molecule has 1 saturated heterocycles. The fraction of sp³-hybridized carbons (Fsp3) is 0.0800. The third-order valence-corrected chi connectivity index (χ3v) is 6.51. The molecule has 10 heteroatoms. The van der Waals surface area contributed by atoms with E-state index in [0.29, 0.717) is 16.3 Å². The Morgan fingerprint density at radius 3 is 2.14 bits per heavy atom. The number of nitrogens with one attached hydrogen (secondary N) is 1. The summed E-state index contributed by atoms with van der Waals surface area (Å²) in [6.07, 6.45) is 0.0194. The average molecular weight is 490 g/mol. The molecule has 0 bridgehead atoms. The molecule has 9 nitrogen and oxygen atoms in total. The summed E-state index contributed by atoms with van der Waals surface area (Å²) in [5.74, 6) is -3.07. The molecule has 1 unspecified atom stereocenters. The van der Waals surface area contributed by atoms with Crippen molar-refractivity contribution in [3.05, 3.63) is 89.5 Å². The van der Waals surface area contributed by atoms with Gasteiger partial charge in [0.2, 0.25) is 17.7 Å². The maximum absolute atomic E-state index is 12.9. The number of primary amides is 1. The first-order chi connectivity index (χ1) is 16.7. The fourth-order valence-corrected chi connectivity index (χ4v) is 4.64. The van der Waals surface area contributed by atoms with Gasteiger partial charge in [0.1, 0.15) is 0 Å². The minimum atomic E-state index is -1.20. The molecule has 4 rings (SSSR count). The summed E-state index contributed by atoms with van der Waals surface area (Å²) in [5, 5.41) is 11.3. The number of carboxylic acids is 1. The Balaban J connectivity index is 1.42. The number of carbonyl (C=O) groups excluding carboxylic acids is 4. The average Bonchev–Trinajstić information content (AvgIpc) is 3.12. The Bertz CT molecular complexity index is 1340. The Labute approximate surface area is 203 Å². The van der Waals surface area contributed by atoms with Crippen molar-refractivity contribution in [2.75, 3.05) is 10.2 Å². The summed E-state index contributed by atoms with van der Waals surface area (Å²) in [4.78, 5) is 62.3. The predicted molar refractivity (Wildman–Crippen MR) is 130 cm³/mol. The molecule has 4 N–H and O–H groups in total. The predicted octanol–water partition coefficient (Wildman–Crippen LogP) is 3.16. The number of imide groups is 1. The third-order valence-electron chi connectivity index (χ3n) is 5.31. The highest BCUT2D eigenvalue weighted by Crippen LogP contribution is 2.34. The van der Waals surface area contributed by atoms with E-state index in [1.54, 1.807) is 36.4 Å². The van der Waals surface area contributed by atoms with Crippen LogP contribution in [-0.4, -0.2) is 40.0 Å². The smallest absolute Gasteiger partial charge is 0.336 e. The molecule has 0 aliphatic carbocycles. The molecule has 0 aromatic heterocycles. The monoisotopic (exact) mass is 489 g/mol. The highest BCUT2D eigenvalue weighted by molar-refractivity contribution is 8.00. The summed E-state index contributed by atoms with van der Waals surface area (Å²) in [5.41, 5.74) is 6.26. The van der Waals surface area contributed by atoms with Gasteiger partial charge in [0.15, 0.2) is 0 Å². The van der Waals surface area contributed by atoms with Gasteiger partial charge in [0.05, 0.1) is 22.1 Å². The number of rotatable bonds is 7. The van der Waals surface area contributed by atoms with Crippen LogP contribution in [0.5, 0.6) is 0 Å². The van der Waals surface area contributed by atoms with Crippen LogP contribution in [0.25, 0.3) is 0 Å². The lowest BCUT2D eigenvalue weighted by Crippen LogP contribution is -2.31. The number of thioether (sulfide) groups is 1. The topological polar surface area (TPSA) is 147 Å². The number of amides is 4. The van der Waals surface area contributed by atoms with Crippen molar-refractivity contribution in [2.24, 2.45) is 5.73 Å². The number of aromatic carboxylic acids is 1. The second kappa shape index (κ2) is 9.82. The molecule has 0 spiro atoms. The highest BCUT2D eigenvalue weighted by atomic mass is 32.2. The lowest BCUT2D eigenvalue weighted by atomic mass is 10.1. The van der Waals surface area contributed by atoms with Gasteiger partial charge in [-0.1, -0.05) is 12.1 Å². The van der Waals surface area contributed by atoms with E-state index < -0.39 is 23.0 Å². The van der Waals surface area contributed by atoms with Crippen LogP contribution in [0, 0.1) is 0 Å². The van der Waals surface area contributed by atoms with Crippen LogP contribution in [0.15, 0.2) is 77.7 Å². The molecule has 4 amide bonds. The maximum Gasteiger partial charge on any atom is 0.336 e. The van der Waals surface area contributed by atoms with Crippen LogP contribution in [0.1, 0.15) is 37.5 Å². The van der Waals surface area contributed by atoms with E-state index in [2.05, 4.69) is 5.32 Å². The summed E-state index contributed by atoms with van der Waals surface area (Å²) in [6.45, 7) is 0. The van der Waals surface area contributed by atoms with Gasteiger partial charge in [0, 0.05) is 22.6 Å². The van der Waals surface area contributed by atoms with Crippen LogP contribution in [0.2, 0.25) is 0 Å². The quantitative estimate of drug-likeness (QED) is 0.432. The van der Waals surface area contributed by atoms with E-state index in [-0.39, 0.29) is 34.9 Å². The van der Waals surface area contributed by atoms with Crippen LogP contribution in [0.3, 0.4) is 0 Å². The normalized spacial score (nSPS) is 15.2. The molecule has 35 heavy (non-hydrogen) atoms. The van der Waals surface area contributed by atoms with Crippen molar-refractivity contribution in [1.82, 2.24) is 0 Å². The van der Waals surface area contributed by atoms with Crippen molar-refractivity contribution >= 4 is 52.7 Å². The van der Waals surface area contributed by atoms with E-state index in [1.807, 2.05) is 0 Å². The Hall–Kier alpha value is -4.44. The summed E-state index contributed by atoms with van der Waals surface area (Å²) in [7, 11) is 0. The number of hydrogen-bond donors (Lipinski definition) is 3. The lowest BCUT2D eigenvalue weighted by Gasteiger charge is -2.15. The number of nitrogens with zero attached hydrogens (tertiary/aromatic N) is 1. The van der Waals surface area contributed by atoms with Crippen LogP contribution in [-0.2, 0) is 9.59 Å². The molecule has 1 atom stereocenters. The van der Waals surface area contributed by atoms with Crippen molar-refractivity contribution in [3.63, 3.8) is 0 Å². The zero-order chi connectivity index (χ0) is 25.1. The molecule has 0 saturated carbocycles. The van der Waals surface area contributed by atoms with E-state index in [4.69, 9.17) is 5.73 Å². The SMILES string of the molecule is NC(=O)c1ccc(N2C(=O)CC(Sc3ccc(NC(=O)c4ccccc4C(=O)O)cc3)C2=O)cc1. The number of carboxylic acid groups (broad SMARTS) is 1. The number of carbonyl (C=O) groups is 5. The summed E-state index contributed by atoms with van der Waals surface area (Å²) >= 11 is 1.22. The van der Waals surface area contributed by atoms with E-state index >= 15 is 0 Å². The molecule has 176 valence electrons. The van der Waals surface area contributed by atoms with Crippen LogP contribution >= 0.6 is 11.8 Å². The zero-order valence-electron chi connectivity index (χ0n) is 18.1. The van der Waals surface area contributed by atoms with Gasteiger partial charge in [-0.15, -0.1) is 11.8 Å². The zero-order valence-corrected chi connectivity index (χ0v) is 19.0. The van der Waals surface area contributed by atoms with Gasteiger partial charge in [-0.2, -0.15) is 0 Å². The standard InChI is InChI=1S/C25H19N3O6S/c26-22(30)14-5-9-16(10-6-14)28-21(29)13-20(24(28)32)35-17-11-7-15(8-12-17)27-23(31)18-3-1-2-4-19(18)25(33)34/h1-12,20H,13H2,(H2,26,30)(H,27,31)(H,33,34). The number of anilines is 2. The van der Waals surface area contributed by atoms with Crippen molar-refractivity contribution in [3.8, 4) is 0 Å². The summed E-state index contributed by atoms with van der Waals surface area (Å²) < 4.78 is 0. The molecule has 1 heterocycles. The molecule has 3 aromatic rings. The van der Waals surface area contributed by atoms with E-state index in [1.165, 1.54) is 48.2 Å². The minimum Gasteiger partial charge on any atom is -0.478 e. The second-order valence-corrected chi connectivity index (χ2v) is 8.89. The molecule has 0 radical (unpaired) electrons. The lowest BCUT2D eigenvalue weighted by molar-refractivity contribution is -0.121. The molecular formula is C25H19N3O6S. The molecular weight excluding hydrogens is 470 g/mol. The van der Waals surface area contributed by atoms with Gasteiger partial charge in [-0.3, -0.25) is 19.2 Å². The first kappa shape index (κ1) is 23.7. The van der Waals surface area contributed by atoms with E-state index in [0.717, 1.165) is 4.90 Å². The van der Waals surface area contributed by atoms with Gasteiger partial charge >= 0.3 is 5.97 Å². The molecule has 1 aliphatic heterocycles. The molecule has 3 aromatic carbocycles. The first-order valence-corrected chi connectivity index (χ1v) is 11.3. The van der Waals surface area contributed by atoms with Gasteiger partial charge < -0.3 is 16.2 Å². The van der Waals surface area contributed by atoms with Crippen LogP contribution in [0.4, 0.5) is 11.4 Å². The van der Waals surface area contributed by atoms with Crippen LogP contribution < -0.4 is 16.0 Å². The Morgan fingerprint density at radius 1 is 0.914 bits per heavy atom. The highest BCUT2D eigenvalue weighted by Gasteiger charge is 2.40. The minimum absolute atomic E-state index is 0.0194. The second-order valence-electron chi connectivity index (χ2n) is 7.62. The summed E-state index contributed by atoms with van der Waals surface area (Å²) in [6, 6.07) is 18.5. The maximum atomic E-state index is 12.9. The molecule has 1 aliphatic rings. The van der Waals surface area contributed by atoms with Crippen molar-refractivity contribution in [1.29, 1.82) is 0 Å². The first-order valence-electron chi connectivity index (χ1n) is 10.4. The van der Waals surface area contributed by atoms with Gasteiger partial charge in [-0.25, -0.2) is 9.69 Å². The Morgan fingerprint density at radius 2 is 1.54 bits per heavy atom. The Kier molecular flexibility index (Phi) is 6.65. The fourth-order valence-electron chi connectivity index (χ4n) is 3.59. The number of benzene rings is 3. The number of nitrogens with two attached hydrogens (primary N) is 1. The third kappa shape index (κ3) is 5.07. The van der Waals surface area contributed by atoms with E-state index in [9.17, 15) is 29.1 Å².